The summed E-state index contributed by atoms with van der Waals surface area (Å²) in [5.74, 6) is 0. The maximum atomic E-state index is 7.80. The molecule has 0 atom stereocenters. The highest BCUT2D eigenvalue weighted by molar-refractivity contribution is 6.15. The smallest absolute Gasteiger partial charge is 0.188 e. The largest absolute Gasteiger partial charge is 0.456 e. The van der Waals surface area contributed by atoms with E-state index in [9.17, 15) is 0 Å². The molecule has 4 aromatic heterocycles. The van der Waals surface area contributed by atoms with Gasteiger partial charge in [-0.3, -0.25) is 0 Å². The summed E-state index contributed by atoms with van der Waals surface area (Å²) >= 11 is 0. The molecular weight excluding hydrogens is 663 g/mol. The summed E-state index contributed by atoms with van der Waals surface area (Å²) in [7, 11) is 0. The first kappa shape index (κ1) is 29.1. The van der Waals surface area contributed by atoms with Crippen molar-refractivity contribution in [1.29, 1.82) is 0 Å². The zero-order chi connectivity index (χ0) is 35.5. The molecule has 8 aromatic carbocycles. The van der Waals surface area contributed by atoms with Gasteiger partial charge in [0.25, 0.3) is 0 Å². The zero-order valence-corrected chi connectivity index (χ0v) is 28.7. The highest BCUT2D eigenvalue weighted by atomic mass is 16.3. The molecule has 5 heteroatoms. The van der Waals surface area contributed by atoms with E-state index >= 15 is 0 Å². The minimum atomic E-state index is 0.613. The van der Waals surface area contributed by atoms with E-state index in [2.05, 4.69) is 147 Å². The third kappa shape index (κ3) is 3.97. The molecule has 12 aromatic rings. The second-order valence-corrected chi connectivity index (χ2v) is 14.0. The fourth-order valence-corrected chi connectivity index (χ4v) is 8.73. The number of para-hydroxylation sites is 4. The molecule has 0 fully saturated rings. The van der Waals surface area contributed by atoms with E-state index in [-0.39, 0.29) is 0 Å². The van der Waals surface area contributed by atoms with Gasteiger partial charge in [-0.2, -0.15) is 0 Å². The third-order valence-corrected chi connectivity index (χ3v) is 11.1. The number of hydrogen-bond donors (Lipinski definition) is 0. The molecule has 0 amide bonds. The van der Waals surface area contributed by atoms with Gasteiger partial charge in [-0.15, -0.1) is 0 Å². The van der Waals surface area contributed by atoms with Crippen molar-refractivity contribution in [3.8, 4) is 22.5 Å². The Morgan fingerprint density at radius 3 is 1.67 bits per heavy atom. The first-order chi connectivity index (χ1) is 26.7. The lowest BCUT2D eigenvalue weighted by molar-refractivity contribution is 0.669. The van der Waals surface area contributed by atoms with Crippen molar-refractivity contribution in [2.24, 2.45) is 0 Å². The van der Waals surface area contributed by atoms with Gasteiger partial charge >= 0.3 is 0 Å². The molecule has 0 aliphatic heterocycles. The van der Waals surface area contributed by atoms with Crippen LogP contribution in [0.1, 0.15) is 0 Å². The number of furan rings is 2. The molecule has 0 saturated heterocycles. The van der Waals surface area contributed by atoms with Crippen molar-refractivity contribution in [3.63, 3.8) is 0 Å². The van der Waals surface area contributed by atoms with Crippen LogP contribution in [0.15, 0.2) is 173 Å². The van der Waals surface area contributed by atoms with E-state index < -0.39 is 0 Å². The molecule has 0 N–H and O–H groups in total. The fraction of sp³-hybridized carbons (Fsp3) is 0. The molecule has 250 valence electrons. The molecule has 5 nitrogen and oxygen atoms in total. The molecule has 0 radical (unpaired) electrons. The van der Waals surface area contributed by atoms with Crippen molar-refractivity contribution in [3.05, 3.63) is 175 Å². The monoisotopic (exact) mass is 689 g/mol. The molecular formula is C49H27N3O2. The van der Waals surface area contributed by atoms with Gasteiger partial charge in [0.2, 0.25) is 0 Å². The fourth-order valence-electron chi connectivity index (χ4n) is 8.73. The Labute approximate surface area is 307 Å². The summed E-state index contributed by atoms with van der Waals surface area (Å²) in [5, 5.41) is 8.90. The van der Waals surface area contributed by atoms with Gasteiger partial charge in [0.15, 0.2) is 5.69 Å². The summed E-state index contributed by atoms with van der Waals surface area (Å²) in [4.78, 5) is 3.79. The molecule has 0 saturated carbocycles. The van der Waals surface area contributed by atoms with Crippen molar-refractivity contribution >= 4 is 93.2 Å². The predicted octanol–water partition coefficient (Wildman–Crippen LogP) is 13.9. The van der Waals surface area contributed by atoms with Crippen LogP contribution >= 0.6 is 0 Å². The van der Waals surface area contributed by atoms with Gasteiger partial charge in [-0.1, -0.05) is 84.9 Å². The quantitative estimate of drug-likeness (QED) is 0.173. The Bertz CT molecular complexity index is 3530. The number of rotatable bonds is 3. The van der Waals surface area contributed by atoms with Crippen LogP contribution in [-0.2, 0) is 0 Å². The SMILES string of the molecule is [C-]#[N+]c1ccc2c(c1)c1cc(-c3cccc4c3oc3ccc(-n5c6ccccc6c6ccccc65)cc34)ccc1n2-c1ccc2oc3ccccc3c2c1. The first-order valence-electron chi connectivity index (χ1n) is 18.0. The Morgan fingerprint density at radius 1 is 0.389 bits per heavy atom. The molecule has 0 bridgehead atoms. The molecule has 0 aliphatic carbocycles. The van der Waals surface area contributed by atoms with Crippen LogP contribution in [0.4, 0.5) is 5.69 Å². The van der Waals surface area contributed by atoms with Crippen LogP contribution in [0.2, 0.25) is 0 Å². The normalized spacial score (nSPS) is 12.1. The number of aromatic nitrogens is 2. The predicted molar refractivity (Wildman–Crippen MR) is 221 cm³/mol. The lowest BCUT2D eigenvalue weighted by Crippen LogP contribution is -1.93. The maximum absolute atomic E-state index is 7.80. The van der Waals surface area contributed by atoms with E-state index in [0.717, 1.165) is 88.2 Å². The Morgan fingerprint density at radius 2 is 0.944 bits per heavy atom. The number of nitrogens with zero attached hydrogens (tertiary/aromatic N) is 3. The molecule has 54 heavy (non-hydrogen) atoms. The topological polar surface area (TPSA) is 40.5 Å². The maximum Gasteiger partial charge on any atom is 0.188 e. The zero-order valence-electron chi connectivity index (χ0n) is 28.7. The Kier molecular flexibility index (Phi) is 5.78. The van der Waals surface area contributed by atoms with Gasteiger partial charge in [-0.25, -0.2) is 4.85 Å². The third-order valence-electron chi connectivity index (χ3n) is 11.1. The van der Waals surface area contributed by atoms with Crippen molar-refractivity contribution < 1.29 is 8.83 Å². The van der Waals surface area contributed by atoms with Crippen molar-refractivity contribution in [2.75, 3.05) is 0 Å². The first-order valence-corrected chi connectivity index (χ1v) is 18.0. The Hall–Kier alpha value is -7.55. The molecule has 0 aliphatic rings. The molecule has 0 unspecified atom stereocenters. The summed E-state index contributed by atoms with van der Waals surface area (Å²) in [6.45, 7) is 7.80. The van der Waals surface area contributed by atoms with Crippen LogP contribution in [0.3, 0.4) is 0 Å². The Balaban J connectivity index is 1.05. The van der Waals surface area contributed by atoms with Gasteiger partial charge in [0.05, 0.1) is 28.6 Å². The van der Waals surface area contributed by atoms with Gasteiger partial charge < -0.3 is 18.0 Å². The van der Waals surface area contributed by atoms with E-state index in [1.54, 1.807) is 0 Å². The average molecular weight is 690 g/mol. The van der Waals surface area contributed by atoms with Crippen LogP contribution in [0, 0.1) is 6.57 Å². The summed E-state index contributed by atoms with van der Waals surface area (Å²) in [6, 6.07) is 57.3. The van der Waals surface area contributed by atoms with Gasteiger partial charge in [0.1, 0.15) is 22.3 Å². The number of benzene rings is 8. The van der Waals surface area contributed by atoms with Crippen LogP contribution < -0.4 is 0 Å². The van der Waals surface area contributed by atoms with Crippen molar-refractivity contribution in [1.82, 2.24) is 9.13 Å². The summed E-state index contributed by atoms with van der Waals surface area (Å²) in [6.07, 6.45) is 0. The standard InChI is InChI=1S/C49H27N3O2/c1-50-30-18-22-45-39(26-30)38-25-29(17-21-44(38)52(45)31-19-23-47-40(27-31)36-11-4-7-16-46(36)53-47)33-12-8-13-37-41-28-32(20-24-48(41)54-49(33)37)51-42-14-5-2-9-34(42)35-10-3-6-15-43(35)51/h2-28H. The number of hydrogen-bond acceptors (Lipinski definition) is 2. The summed E-state index contributed by atoms with van der Waals surface area (Å²) in [5.41, 5.74) is 12.7. The molecule has 12 rings (SSSR count). The van der Waals surface area contributed by atoms with Crippen LogP contribution in [0.5, 0.6) is 0 Å². The van der Waals surface area contributed by atoms with Gasteiger partial charge in [0, 0.05) is 54.6 Å². The second kappa shape index (κ2) is 10.7. The van der Waals surface area contributed by atoms with Crippen molar-refractivity contribution in [2.45, 2.75) is 0 Å². The van der Waals surface area contributed by atoms with E-state index in [4.69, 9.17) is 15.4 Å². The lowest BCUT2D eigenvalue weighted by Gasteiger charge is -2.09. The molecule has 4 heterocycles. The van der Waals surface area contributed by atoms with E-state index in [1.165, 1.54) is 21.8 Å². The van der Waals surface area contributed by atoms with E-state index in [0.29, 0.717) is 5.69 Å². The van der Waals surface area contributed by atoms with Crippen LogP contribution in [-0.4, -0.2) is 9.13 Å². The molecule has 0 spiro atoms. The van der Waals surface area contributed by atoms with Crippen LogP contribution in [0.25, 0.3) is 115 Å². The highest BCUT2D eigenvalue weighted by Crippen LogP contribution is 2.42. The average Bonchev–Trinajstić information content (AvgIpc) is 3.97. The second-order valence-electron chi connectivity index (χ2n) is 14.0. The van der Waals surface area contributed by atoms with E-state index in [1.807, 2.05) is 30.3 Å². The minimum absolute atomic E-state index is 0.613. The highest BCUT2D eigenvalue weighted by Gasteiger charge is 2.19. The number of fused-ring (bicyclic) bond motifs is 12. The lowest BCUT2D eigenvalue weighted by atomic mass is 10.00. The minimum Gasteiger partial charge on any atom is -0.456 e. The van der Waals surface area contributed by atoms with Gasteiger partial charge in [-0.05, 0) is 89.8 Å². The summed E-state index contributed by atoms with van der Waals surface area (Å²) < 4.78 is 17.5.